The molecular formula is C13H14N2. The van der Waals surface area contributed by atoms with Crippen LogP contribution in [0.25, 0.3) is 0 Å². The van der Waals surface area contributed by atoms with Crippen LogP contribution in [0.15, 0.2) is 30.3 Å². The molecule has 2 nitrogen and oxygen atoms in total. The molecule has 1 aromatic carbocycles. The minimum absolute atomic E-state index is 0.161. The van der Waals surface area contributed by atoms with Crippen molar-refractivity contribution in [2.45, 2.75) is 31.5 Å². The maximum Gasteiger partial charge on any atom is 0.0986 e. The number of hydrogen-bond acceptors (Lipinski definition) is 2. The second-order valence-corrected chi connectivity index (χ2v) is 4.60. The van der Waals surface area contributed by atoms with Crippen molar-refractivity contribution >= 4 is 0 Å². The summed E-state index contributed by atoms with van der Waals surface area (Å²) in [5, 5.41) is 9.06. The Kier molecular flexibility index (Phi) is 2.00. The number of hydrogen-bond donors (Lipinski definition) is 0. The van der Waals surface area contributed by atoms with Crippen LogP contribution in [0.1, 0.15) is 18.4 Å². The van der Waals surface area contributed by atoms with Crippen LogP contribution in [0.5, 0.6) is 0 Å². The van der Waals surface area contributed by atoms with E-state index in [1.807, 2.05) is 6.07 Å². The van der Waals surface area contributed by atoms with Crippen molar-refractivity contribution in [2.24, 2.45) is 5.92 Å². The first-order valence-corrected chi connectivity index (χ1v) is 5.58. The van der Waals surface area contributed by atoms with Gasteiger partial charge in [0.2, 0.25) is 0 Å². The Morgan fingerprint density at radius 3 is 2.80 bits per heavy atom. The fraction of sp³-hybridized carbons (Fsp3) is 0.462. The minimum atomic E-state index is 0.161. The molecule has 1 aromatic rings. The number of nitrogens with zero attached hydrogens (tertiary/aromatic N) is 2. The Morgan fingerprint density at radius 2 is 2.07 bits per heavy atom. The molecular weight excluding hydrogens is 184 g/mol. The molecule has 3 atom stereocenters. The number of nitriles is 1. The standard InChI is InChI=1S/C13H14N2/c14-8-12-6-11-7-13(11)15(12)9-10-4-2-1-3-5-10/h1-5,11-13H,6-7,9H2/t11?,12?,13-/m0/s1. The number of rotatable bonds is 2. The van der Waals surface area contributed by atoms with Crippen molar-refractivity contribution < 1.29 is 0 Å². The lowest BCUT2D eigenvalue weighted by atomic mass is 10.1. The summed E-state index contributed by atoms with van der Waals surface area (Å²) in [4.78, 5) is 2.38. The maximum atomic E-state index is 9.06. The summed E-state index contributed by atoms with van der Waals surface area (Å²) in [7, 11) is 0. The molecule has 2 unspecified atom stereocenters. The van der Waals surface area contributed by atoms with E-state index < -0.39 is 0 Å². The van der Waals surface area contributed by atoms with Crippen LogP contribution in [0.2, 0.25) is 0 Å². The third-order valence-corrected chi connectivity index (χ3v) is 3.59. The van der Waals surface area contributed by atoms with Gasteiger partial charge in [-0.2, -0.15) is 5.26 Å². The van der Waals surface area contributed by atoms with E-state index in [1.54, 1.807) is 0 Å². The molecule has 2 aliphatic rings. The lowest BCUT2D eigenvalue weighted by Gasteiger charge is -2.22. The molecule has 0 radical (unpaired) electrons. The number of fused-ring (bicyclic) bond motifs is 1. The molecule has 1 heterocycles. The lowest BCUT2D eigenvalue weighted by Crippen LogP contribution is -2.31. The van der Waals surface area contributed by atoms with Gasteiger partial charge in [0.25, 0.3) is 0 Å². The summed E-state index contributed by atoms with van der Waals surface area (Å²) in [5.74, 6) is 0.818. The molecule has 0 amide bonds. The Balaban J connectivity index is 1.75. The van der Waals surface area contributed by atoms with Crippen molar-refractivity contribution in [1.82, 2.24) is 4.90 Å². The molecule has 0 bridgehead atoms. The zero-order valence-electron chi connectivity index (χ0n) is 8.63. The number of likely N-dealkylation sites (tertiary alicyclic amines) is 1. The molecule has 0 aromatic heterocycles. The zero-order valence-corrected chi connectivity index (χ0v) is 8.63. The minimum Gasteiger partial charge on any atom is -0.280 e. The van der Waals surface area contributed by atoms with Gasteiger partial charge >= 0.3 is 0 Å². The quantitative estimate of drug-likeness (QED) is 0.728. The van der Waals surface area contributed by atoms with Gasteiger partial charge in [0.15, 0.2) is 0 Å². The van der Waals surface area contributed by atoms with Crippen LogP contribution < -0.4 is 0 Å². The van der Waals surface area contributed by atoms with Gasteiger partial charge in [0.1, 0.15) is 0 Å². The van der Waals surface area contributed by atoms with Gasteiger partial charge in [-0.1, -0.05) is 30.3 Å². The monoisotopic (exact) mass is 198 g/mol. The fourth-order valence-corrected chi connectivity index (χ4v) is 2.69. The van der Waals surface area contributed by atoms with Gasteiger partial charge in [-0.25, -0.2) is 0 Å². The van der Waals surface area contributed by atoms with Gasteiger partial charge in [-0.05, 0) is 24.3 Å². The van der Waals surface area contributed by atoms with Crippen LogP contribution in [0.4, 0.5) is 0 Å². The van der Waals surface area contributed by atoms with Crippen LogP contribution in [0, 0.1) is 17.2 Å². The molecule has 1 aliphatic carbocycles. The molecule has 1 aliphatic heterocycles. The highest BCUT2D eigenvalue weighted by molar-refractivity contribution is 5.19. The molecule has 2 fully saturated rings. The van der Waals surface area contributed by atoms with Gasteiger partial charge in [-0.15, -0.1) is 0 Å². The molecule has 1 saturated carbocycles. The van der Waals surface area contributed by atoms with Crippen molar-refractivity contribution in [3.05, 3.63) is 35.9 Å². The Hall–Kier alpha value is -1.33. The van der Waals surface area contributed by atoms with Gasteiger partial charge in [-0.3, -0.25) is 4.90 Å². The SMILES string of the molecule is N#CC1CC2C[C@@H]2N1Cc1ccccc1. The summed E-state index contributed by atoms with van der Waals surface area (Å²) in [6.07, 6.45) is 2.40. The molecule has 1 saturated heterocycles. The summed E-state index contributed by atoms with van der Waals surface area (Å²) < 4.78 is 0. The molecule has 3 rings (SSSR count). The van der Waals surface area contributed by atoms with Crippen LogP contribution >= 0.6 is 0 Å². The first-order valence-electron chi connectivity index (χ1n) is 5.58. The van der Waals surface area contributed by atoms with Gasteiger partial charge in [0, 0.05) is 12.6 Å². The summed E-state index contributed by atoms with van der Waals surface area (Å²) >= 11 is 0. The lowest BCUT2D eigenvalue weighted by molar-refractivity contribution is 0.247. The predicted molar refractivity (Wildman–Crippen MR) is 57.9 cm³/mol. The summed E-state index contributed by atoms with van der Waals surface area (Å²) in [5.41, 5.74) is 1.32. The van der Waals surface area contributed by atoms with Crippen molar-refractivity contribution in [1.29, 1.82) is 5.26 Å². The van der Waals surface area contributed by atoms with Crippen molar-refractivity contribution in [3.8, 4) is 6.07 Å². The summed E-state index contributed by atoms with van der Waals surface area (Å²) in [6, 6.07) is 13.7. The second kappa shape index (κ2) is 3.36. The normalized spacial score (nSPS) is 33.4. The smallest absolute Gasteiger partial charge is 0.0986 e. The van der Waals surface area contributed by atoms with E-state index in [1.165, 1.54) is 12.0 Å². The van der Waals surface area contributed by atoms with E-state index in [4.69, 9.17) is 5.26 Å². The van der Waals surface area contributed by atoms with E-state index >= 15 is 0 Å². The third-order valence-electron chi connectivity index (χ3n) is 3.59. The molecule has 0 spiro atoms. The predicted octanol–water partition coefficient (Wildman–Crippen LogP) is 2.17. The Morgan fingerprint density at radius 1 is 1.27 bits per heavy atom. The van der Waals surface area contributed by atoms with E-state index in [0.29, 0.717) is 6.04 Å². The topological polar surface area (TPSA) is 27.0 Å². The highest BCUT2D eigenvalue weighted by atomic mass is 15.2. The average molecular weight is 198 g/mol. The Bertz CT molecular complexity index is 393. The number of piperidine rings is 1. The van der Waals surface area contributed by atoms with Crippen LogP contribution in [-0.2, 0) is 6.54 Å². The van der Waals surface area contributed by atoms with Crippen LogP contribution in [0.3, 0.4) is 0 Å². The largest absolute Gasteiger partial charge is 0.280 e. The van der Waals surface area contributed by atoms with Crippen molar-refractivity contribution in [2.75, 3.05) is 0 Å². The van der Waals surface area contributed by atoms with E-state index in [2.05, 4.69) is 35.2 Å². The molecule has 76 valence electrons. The maximum absolute atomic E-state index is 9.06. The van der Waals surface area contributed by atoms with E-state index in [9.17, 15) is 0 Å². The van der Waals surface area contributed by atoms with Gasteiger partial charge < -0.3 is 0 Å². The molecule has 0 N–H and O–H groups in total. The first-order chi connectivity index (χ1) is 7.38. The van der Waals surface area contributed by atoms with Gasteiger partial charge in [0.05, 0.1) is 12.1 Å². The molecule has 15 heavy (non-hydrogen) atoms. The average Bonchev–Trinajstić information content (AvgIpc) is 2.97. The fourth-order valence-electron chi connectivity index (χ4n) is 2.69. The van der Waals surface area contributed by atoms with E-state index in [0.717, 1.165) is 18.9 Å². The highest BCUT2D eigenvalue weighted by Gasteiger charge is 2.51. The highest BCUT2D eigenvalue weighted by Crippen LogP contribution is 2.48. The van der Waals surface area contributed by atoms with E-state index in [-0.39, 0.29) is 6.04 Å². The second-order valence-electron chi connectivity index (χ2n) is 4.60. The zero-order chi connectivity index (χ0) is 10.3. The third kappa shape index (κ3) is 1.53. The summed E-state index contributed by atoms with van der Waals surface area (Å²) in [6.45, 7) is 0.945. The van der Waals surface area contributed by atoms with Crippen molar-refractivity contribution in [3.63, 3.8) is 0 Å². The number of benzene rings is 1. The first kappa shape index (κ1) is 8.94. The van der Waals surface area contributed by atoms with Crippen LogP contribution in [-0.4, -0.2) is 17.0 Å². The Labute approximate surface area is 90.1 Å². The molecule has 2 heteroatoms.